The summed E-state index contributed by atoms with van der Waals surface area (Å²) in [6.07, 6.45) is 5.28. The number of benzene rings is 5. The van der Waals surface area contributed by atoms with Crippen molar-refractivity contribution in [2.75, 3.05) is 66.6 Å². The van der Waals surface area contributed by atoms with Gasteiger partial charge in [-0.05, 0) is 105 Å². The number of Topliss-reactive ketones (excluding diaryl/α,β-unsaturated/α-hetero) is 1. The highest BCUT2D eigenvalue weighted by Crippen LogP contribution is 2.44. The highest BCUT2D eigenvalue weighted by atomic mass is 33.1. The second-order valence-electron chi connectivity index (χ2n) is 20.4. The van der Waals surface area contributed by atoms with E-state index in [2.05, 4.69) is 26.6 Å². The van der Waals surface area contributed by atoms with E-state index in [-0.39, 0.29) is 66.5 Å². The fraction of sp³-hybridized carbons (Fsp3) is 0.356. The molecular formula is C59H64N8O11S2. The zero-order chi connectivity index (χ0) is 56.5. The third kappa shape index (κ3) is 13.7. The molecule has 5 aromatic rings. The van der Waals surface area contributed by atoms with Gasteiger partial charge in [-0.25, -0.2) is 0 Å². The van der Waals surface area contributed by atoms with Crippen molar-refractivity contribution in [3.63, 3.8) is 0 Å². The summed E-state index contributed by atoms with van der Waals surface area (Å²) >= 11 is 0. The number of nitrogens with one attached hydrogen (secondary N) is 5. The van der Waals surface area contributed by atoms with Gasteiger partial charge in [0.25, 0.3) is 11.8 Å². The van der Waals surface area contributed by atoms with Crippen molar-refractivity contribution >= 4 is 97.5 Å². The Balaban J connectivity index is 0.846. The highest BCUT2D eigenvalue weighted by molar-refractivity contribution is 8.77. The zero-order valence-electron chi connectivity index (χ0n) is 45.2. The minimum absolute atomic E-state index is 0.0150. The van der Waals surface area contributed by atoms with Crippen LogP contribution in [0.5, 0.6) is 23.0 Å². The molecule has 0 fully saturated rings. The van der Waals surface area contributed by atoms with Crippen molar-refractivity contribution in [2.24, 2.45) is 4.99 Å². The second-order valence-corrected chi connectivity index (χ2v) is 23.6. The van der Waals surface area contributed by atoms with Gasteiger partial charge in [0.05, 0.1) is 68.4 Å². The van der Waals surface area contributed by atoms with Crippen molar-refractivity contribution in [1.29, 1.82) is 0 Å². The smallest absolute Gasteiger partial charge is 0.261 e. The monoisotopic (exact) mass is 1120 g/mol. The molecule has 418 valence electrons. The molecule has 0 spiro atoms. The van der Waals surface area contributed by atoms with Gasteiger partial charge >= 0.3 is 0 Å². The molecule has 2 atom stereocenters. The molecule has 6 amide bonds. The molecule has 0 radical (unpaired) electrons. The van der Waals surface area contributed by atoms with Crippen molar-refractivity contribution in [2.45, 2.75) is 89.3 Å². The zero-order valence-corrected chi connectivity index (χ0v) is 46.9. The van der Waals surface area contributed by atoms with Crippen LogP contribution in [0.3, 0.4) is 0 Å². The van der Waals surface area contributed by atoms with Crippen LogP contribution in [0.15, 0.2) is 96.0 Å². The highest BCUT2D eigenvalue weighted by Gasteiger charge is 2.39. The fourth-order valence-corrected chi connectivity index (χ4v) is 12.6. The Kier molecular flexibility index (Phi) is 18.0. The van der Waals surface area contributed by atoms with Crippen LogP contribution in [0.4, 0.5) is 28.4 Å². The predicted molar refractivity (Wildman–Crippen MR) is 310 cm³/mol. The summed E-state index contributed by atoms with van der Waals surface area (Å²) in [6, 6.07) is 27.4. The standard InChI is InChI=1S/C59H64N8O11S2/c1-35(68)11-10-18-79-80-59(2,3)17-16-53(69)62-30-54(70)63-31-55(71)64-32-56(72)65-40-20-36(33-77-51-26-45-43(24-49(51)75-4)57(73)66-41(28-60-45)22-38-12-6-8-14-47(38)66)19-37(21-40)34-78-52-27-46-44(25-50(52)76-5)58(74)67-42(29-61-46)23-39-13-7-9-15-48(39)67/h6-9,12-15,19-21,24-28,41-42,61H,10-11,16-18,22-23,29-34H2,1-5H3,(H,62,69)(H,63,70)(H,64,71)(H,65,72)/t41-,42-/m0/s1. The Morgan fingerprint density at radius 1 is 0.688 bits per heavy atom. The van der Waals surface area contributed by atoms with E-state index in [1.807, 2.05) is 73.3 Å². The van der Waals surface area contributed by atoms with Crippen LogP contribution >= 0.6 is 21.6 Å². The minimum Gasteiger partial charge on any atom is -0.493 e. The topological polar surface area (TPSA) is 235 Å². The first-order chi connectivity index (χ1) is 38.6. The molecule has 4 aliphatic heterocycles. The summed E-state index contributed by atoms with van der Waals surface area (Å²) in [5, 5.41) is 13.9. The van der Waals surface area contributed by atoms with Crippen LogP contribution in [-0.2, 0) is 50.0 Å². The first-order valence-corrected chi connectivity index (χ1v) is 28.7. The Labute approximate surface area is 472 Å². The average Bonchev–Trinajstić information content (AvgIpc) is 3.97. The van der Waals surface area contributed by atoms with Gasteiger partial charge in [0.2, 0.25) is 23.6 Å². The number of hydrogen-bond donors (Lipinski definition) is 5. The normalized spacial score (nSPS) is 15.6. The van der Waals surface area contributed by atoms with Crippen molar-refractivity contribution in [3.8, 4) is 23.0 Å². The Bertz CT molecular complexity index is 3260. The molecule has 0 unspecified atom stereocenters. The molecule has 4 aliphatic rings. The molecule has 0 aromatic heterocycles. The summed E-state index contributed by atoms with van der Waals surface area (Å²) in [4.78, 5) is 99.0. The second kappa shape index (κ2) is 25.4. The number of aliphatic imine (C=N–C) groups is 1. The van der Waals surface area contributed by atoms with Crippen molar-refractivity contribution < 1.29 is 52.5 Å². The molecule has 0 saturated carbocycles. The molecule has 0 bridgehead atoms. The molecule has 21 heteroatoms. The van der Waals surface area contributed by atoms with E-state index >= 15 is 0 Å². The van der Waals surface area contributed by atoms with E-state index in [0.29, 0.717) is 88.1 Å². The van der Waals surface area contributed by atoms with Gasteiger partial charge in [-0.1, -0.05) is 58.0 Å². The first kappa shape index (κ1) is 56.7. The number of fused-ring (bicyclic) bond motifs is 8. The van der Waals surface area contributed by atoms with E-state index < -0.39 is 30.8 Å². The maximum atomic E-state index is 14.1. The van der Waals surface area contributed by atoms with Gasteiger partial charge in [-0.2, -0.15) is 0 Å². The number of carbonyl (C=O) groups is 7. The lowest BCUT2D eigenvalue weighted by molar-refractivity contribution is -0.128. The van der Waals surface area contributed by atoms with Crippen LogP contribution < -0.4 is 55.3 Å². The summed E-state index contributed by atoms with van der Waals surface area (Å²) in [5.74, 6) is -0.0659. The quantitative estimate of drug-likeness (QED) is 0.0294. The maximum Gasteiger partial charge on any atom is 0.261 e. The largest absolute Gasteiger partial charge is 0.493 e. The molecule has 80 heavy (non-hydrogen) atoms. The Hall–Kier alpha value is -8.04. The third-order valence-corrected chi connectivity index (χ3v) is 17.4. The molecule has 5 N–H and O–H groups in total. The molecule has 19 nitrogen and oxygen atoms in total. The van der Waals surface area contributed by atoms with Crippen molar-refractivity contribution in [1.82, 2.24) is 16.0 Å². The molecule has 9 rings (SSSR count). The third-order valence-electron chi connectivity index (χ3n) is 13.9. The van der Waals surface area contributed by atoms with Gasteiger partial charge in [-0.15, -0.1) is 0 Å². The average molecular weight is 1130 g/mol. The van der Waals surface area contributed by atoms with Crippen LogP contribution in [0.2, 0.25) is 0 Å². The molecule has 0 saturated heterocycles. The van der Waals surface area contributed by atoms with E-state index in [1.165, 1.54) is 14.2 Å². The van der Waals surface area contributed by atoms with Crippen LogP contribution in [0.25, 0.3) is 0 Å². The summed E-state index contributed by atoms with van der Waals surface area (Å²) in [6.45, 7) is 4.95. The van der Waals surface area contributed by atoms with E-state index in [4.69, 9.17) is 23.9 Å². The number of carbonyl (C=O) groups excluding carboxylic acids is 7. The summed E-state index contributed by atoms with van der Waals surface area (Å²) in [7, 11) is 6.32. The van der Waals surface area contributed by atoms with Gasteiger partial charge < -0.3 is 55.2 Å². The predicted octanol–water partition coefficient (Wildman–Crippen LogP) is 7.74. The molecule has 0 aliphatic carbocycles. The molecular weight excluding hydrogens is 1060 g/mol. The number of ether oxygens (including phenoxy) is 4. The Morgan fingerprint density at radius 3 is 1.94 bits per heavy atom. The number of para-hydroxylation sites is 2. The number of rotatable bonds is 24. The number of nitrogens with zero attached hydrogens (tertiary/aromatic N) is 3. The minimum atomic E-state index is -0.627. The van der Waals surface area contributed by atoms with Crippen LogP contribution in [0, 0.1) is 0 Å². The number of amides is 6. The van der Waals surface area contributed by atoms with Gasteiger partial charge in [0.15, 0.2) is 23.0 Å². The van der Waals surface area contributed by atoms with Crippen LogP contribution in [-0.4, -0.2) is 110 Å². The maximum absolute atomic E-state index is 14.1. The summed E-state index contributed by atoms with van der Waals surface area (Å²) < 4.78 is 24.2. The number of hydrogen-bond acceptors (Lipinski definition) is 15. The molecule has 4 heterocycles. The van der Waals surface area contributed by atoms with E-state index in [1.54, 1.807) is 76.0 Å². The number of methoxy groups -OCH3 is 2. The van der Waals surface area contributed by atoms with Crippen LogP contribution in [0.1, 0.15) is 89.4 Å². The molecule has 5 aromatic carbocycles. The first-order valence-electron chi connectivity index (χ1n) is 26.4. The SMILES string of the molecule is COc1cc2c(cc1OCc1cc(COc3cc4c(cc3OC)C(=O)N3c5ccccc5C[C@H]3CN4)cc(NC(=O)CNC(=O)CNC(=O)CNC(=O)CCC(C)(C)SSCCCC(C)=O)c1)N=C[C@@H]1Cc3ccccc3N1C2=O. The summed E-state index contributed by atoms with van der Waals surface area (Å²) in [5.41, 5.74) is 7.31. The van der Waals surface area contributed by atoms with Crippen molar-refractivity contribution in [3.05, 3.63) is 124 Å². The Morgan fingerprint density at radius 2 is 1.27 bits per heavy atom. The van der Waals surface area contributed by atoms with Gasteiger partial charge in [0, 0.05) is 71.7 Å². The lowest BCUT2D eigenvalue weighted by Crippen LogP contribution is -2.43. The lowest BCUT2D eigenvalue weighted by Gasteiger charge is -2.22. The fourth-order valence-electron chi connectivity index (χ4n) is 9.92. The van der Waals surface area contributed by atoms with Gasteiger partial charge in [-0.3, -0.25) is 38.7 Å². The number of ketones is 1. The van der Waals surface area contributed by atoms with E-state index in [9.17, 15) is 33.6 Å². The lowest BCUT2D eigenvalue weighted by atomic mass is 10.1. The number of anilines is 4. The van der Waals surface area contributed by atoms with Gasteiger partial charge in [0.1, 0.15) is 19.0 Å². The van der Waals surface area contributed by atoms with E-state index in [0.717, 1.165) is 41.1 Å².